The molecule has 0 radical (unpaired) electrons. The molecule has 0 spiro atoms. The Bertz CT molecular complexity index is 1190. The molecule has 1 atom stereocenters. The summed E-state index contributed by atoms with van der Waals surface area (Å²) < 4.78 is 5.91. The summed E-state index contributed by atoms with van der Waals surface area (Å²) in [7, 11) is 0. The molecular weight excluding hydrogens is 440 g/mol. The van der Waals surface area contributed by atoms with E-state index in [0.717, 1.165) is 53.6 Å². The number of para-hydroxylation sites is 1. The summed E-state index contributed by atoms with van der Waals surface area (Å²) in [5.41, 5.74) is 3.36. The van der Waals surface area contributed by atoms with Crippen LogP contribution in [0.3, 0.4) is 0 Å². The van der Waals surface area contributed by atoms with Gasteiger partial charge in [-0.3, -0.25) is 14.5 Å². The van der Waals surface area contributed by atoms with E-state index < -0.39 is 6.10 Å². The highest BCUT2D eigenvalue weighted by atomic mass is 16.5. The van der Waals surface area contributed by atoms with Crippen LogP contribution >= 0.6 is 0 Å². The maximum atomic E-state index is 13.2. The SMILES string of the molecule is Cc1cccc(C)c1OC[C@H](O)CN1CCC(CN2C(=O)c3cccc4cccc(c34)C2=O)CC1. The Morgan fingerprint density at radius 2 is 1.49 bits per heavy atom. The molecule has 35 heavy (non-hydrogen) atoms. The Kier molecular flexibility index (Phi) is 6.58. The molecule has 0 aliphatic carbocycles. The van der Waals surface area contributed by atoms with Crippen molar-refractivity contribution >= 4 is 22.6 Å². The zero-order valence-corrected chi connectivity index (χ0v) is 20.4. The Balaban J connectivity index is 1.15. The van der Waals surface area contributed by atoms with Crippen molar-refractivity contribution in [1.29, 1.82) is 0 Å². The van der Waals surface area contributed by atoms with Crippen LogP contribution in [0.1, 0.15) is 44.7 Å². The summed E-state index contributed by atoms with van der Waals surface area (Å²) in [6.07, 6.45) is 1.19. The molecule has 1 fully saturated rings. The molecule has 2 aliphatic heterocycles. The zero-order chi connectivity index (χ0) is 24.5. The normalized spacial score (nSPS) is 17.7. The fourth-order valence-corrected chi connectivity index (χ4v) is 5.41. The van der Waals surface area contributed by atoms with Crippen LogP contribution in [0.4, 0.5) is 0 Å². The number of likely N-dealkylation sites (tertiary alicyclic amines) is 1. The highest BCUT2D eigenvalue weighted by Gasteiger charge is 2.34. The first-order valence-electron chi connectivity index (χ1n) is 12.4. The zero-order valence-electron chi connectivity index (χ0n) is 20.4. The number of β-amino-alcohol motifs (C(OH)–C–C–N with tert-alkyl or cyclic N) is 1. The second-order valence-electron chi connectivity index (χ2n) is 9.86. The predicted octanol–water partition coefficient (Wildman–Crippen LogP) is 4.20. The van der Waals surface area contributed by atoms with Gasteiger partial charge in [-0.25, -0.2) is 0 Å². The number of aliphatic hydroxyl groups is 1. The highest BCUT2D eigenvalue weighted by molar-refractivity contribution is 6.25. The van der Waals surface area contributed by atoms with E-state index in [1.54, 1.807) is 0 Å². The van der Waals surface area contributed by atoms with Gasteiger partial charge in [-0.2, -0.15) is 0 Å². The fraction of sp³-hybridized carbons (Fsp3) is 0.379. The topological polar surface area (TPSA) is 70.1 Å². The van der Waals surface area contributed by atoms with Gasteiger partial charge in [0.25, 0.3) is 11.8 Å². The minimum absolute atomic E-state index is 0.194. The number of nitrogens with zero attached hydrogens (tertiary/aromatic N) is 2. The second kappa shape index (κ2) is 9.80. The third kappa shape index (κ3) is 4.68. The van der Waals surface area contributed by atoms with Gasteiger partial charge < -0.3 is 14.7 Å². The lowest BCUT2D eigenvalue weighted by molar-refractivity contribution is 0.0452. The van der Waals surface area contributed by atoms with Crippen LogP contribution in [0, 0.1) is 19.8 Å². The average molecular weight is 473 g/mol. The number of hydrogen-bond donors (Lipinski definition) is 1. The van der Waals surface area contributed by atoms with E-state index in [1.165, 1.54) is 4.90 Å². The molecule has 1 saturated heterocycles. The quantitative estimate of drug-likeness (QED) is 0.522. The number of amides is 2. The van der Waals surface area contributed by atoms with Crippen molar-refractivity contribution in [3.63, 3.8) is 0 Å². The summed E-state index contributed by atoms with van der Waals surface area (Å²) in [4.78, 5) is 30.0. The number of aliphatic hydroxyl groups excluding tert-OH is 1. The number of rotatable bonds is 7. The first-order chi connectivity index (χ1) is 16.9. The third-order valence-corrected chi connectivity index (χ3v) is 7.30. The number of imide groups is 1. The molecule has 0 aromatic heterocycles. The predicted molar refractivity (Wildman–Crippen MR) is 136 cm³/mol. The van der Waals surface area contributed by atoms with Gasteiger partial charge in [0.2, 0.25) is 0 Å². The molecule has 6 nitrogen and oxygen atoms in total. The Morgan fingerprint density at radius 1 is 0.914 bits per heavy atom. The first kappa shape index (κ1) is 23.5. The Hall–Kier alpha value is -3.22. The minimum Gasteiger partial charge on any atom is -0.490 e. The molecule has 2 aliphatic rings. The van der Waals surface area contributed by atoms with Gasteiger partial charge in [-0.05, 0) is 74.3 Å². The van der Waals surface area contributed by atoms with Crippen LogP contribution in [-0.2, 0) is 0 Å². The maximum absolute atomic E-state index is 13.2. The summed E-state index contributed by atoms with van der Waals surface area (Å²) >= 11 is 0. The van der Waals surface area contributed by atoms with Gasteiger partial charge in [0.05, 0.1) is 0 Å². The van der Waals surface area contributed by atoms with Crippen LogP contribution < -0.4 is 4.74 Å². The van der Waals surface area contributed by atoms with E-state index in [4.69, 9.17) is 4.74 Å². The molecule has 3 aromatic rings. The Morgan fingerprint density at radius 3 is 2.09 bits per heavy atom. The molecule has 3 aromatic carbocycles. The lowest BCUT2D eigenvalue weighted by Gasteiger charge is -2.36. The largest absolute Gasteiger partial charge is 0.490 e. The number of aryl methyl sites for hydroxylation is 2. The van der Waals surface area contributed by atoms with Crippen molar-refractivity contribution in [2.75, 3.05) is 32.8 Å². The first-order valence-corrected chi connectivity index (χ1v) is 12.4. The van der Waals surface area contributed by atoms with Crippen molar-refractivity contribution < 1.29 is 19.4 Å². The summed E-state index contributed by atoms with van der Waals surface area (Å²) in [6, 6.07) is 17.3. The standard InChI is InChI=1S/C29H32N2O4/c1-19-6-3-7-20(2)27(19)35-18-23(32)17-30-14-12-21(13-15-30)16-31-28(33)24-10-4-8-22-9-5-11-25(26(22)24)29(31)34/h3-11,21,23,32H,12-18H2,1-2H3/t23-/m1/s1. The average Bonchev–Trinajstić information content (AvgIpc) is 2.86. The number of benzene rings is 3. The van der Waals surface area contributed by atoms with Crippen LogP contribution in [0.15, 0.2) is 54.6 Å². The summed E-state index contributed by atoms with van der Waals surface area (Å²) in [5.74, 6) is 0.714. The van der Waals surface area contributed by atoms with Gasteiger partial charge in [0.1, 0.15) is 18.5 Å². The van der Waals surface area contributed by atoms with Crippen LogP contribution in [0.2, 0.25) is 0 Å². The lowest BCUT2D eigenvalue weighted by atomic mass is 9.91. The minimum atomic E-state index is -0.576. The van der Waals surface area contributed by atoms with Crippen molar-refractivity contribution in [3.05, 3.63) is 76.9 Å². The van der Waals surface area contributed by atoms with Gasteiger partial charge in [-0.1, -0.05) is 42.5 Å². The van der Waals surface area contributed by atoms with Crippen LogP contribution in [-0.4, -0.2) is 65.6 Å². The van der Waals surface area contributed by atoms with E-state index in [-0.39, 0.29) is 24.3 Å². The van der Waals surface area contributed by atoms with E-state index in [0.29, 0.717) is 24.2 Å². The van der Waals surface area contributed by atoms with Crippen LogP contribution in [0.25, 0.3) is 10.8 Å². The molecule has 182 valence electrons. The number of ether oxygens (including phenoxy) is 1. The third-order valence-electron chi connectivity index (χ3n) is 7.30. The molecule has 1 N–H and O–H groups in total. The number of carbonyl (C=O) groups excluding carboxylic acids is 2. The van der Waals surface area contributed by atoms with Gasteiger partial charge >= 0.3 is 0 Å². The number of hydrogen-bond acceptors (Lipinski definition) is 5. The van der Waals surface area contributed by atoms with Crippen molar-refractivity contribution in [1.82, 2.24) is 9.80 Å². The summed E-state index contributed by atoms with van der Waals surface area (Å²) in [5, 5.41) is 12.2. The molecule has 2 amide bonds. The molecule has 0 unspecified atom stereocenters. The maximum Gasteiger partial charge on any atom is 0.261 e. The number of carbonyl (C=O) groups is 2. The van der Waals surface area contributed by atoms with Gasteiger partial charge in [0.15, 0.2) is 0 Å². The van der Waals surface area contributed by atoms with Crippen molar-refractivity contribution in [2.24, 2.45) is 5.92 Å². The van der Waals surface area contributed by atoms with Gasteiger partial charge in [-0.15, -0.1) is 0 Å². The molecule has 2 heterocycles. The monoisotopic (exact) mass is 472 g/mol. The summed E-state index contributed by atoms with van der Waals surface area (Å²) in [6.45, 7) is 6.92. The van der Waals surface area contributed by atoms with E-state index >= 15 is 0 Å². The molecule has 0 saturated carbocycles. The number of piperidine rings is 1. The Labute approximate surface area is 206 Å². The smallest absolute Gasteiger partial charge is 0.261 e. The fourth-order valence-electron chi connectivity index (χ4n) is 5.41. The molecule has 0 bridgehead atoms. The molecular formula is C29H32N2O4. The van der Waals surface area contributed by atoms with E-state index in [1.807, 2.05) is 68.4 Å². The van der Waals surface area contributed by atoms with Gasteiger partial charge in [0, 0.05) is 29.6 Å². The van der Waals surface area contributed by atoms with Crippen molar-refractivity contribution in [3.8, 4) is 5.75 Å². The van der Waals surface area contributed by atoms with Crippen molar-refractivity contribution in [2.45, 2.75) is 32.8 Å². The lowest BCUT2D eigenvalue weighted by Crippen LogP contribution is -2.46. The van der Waals surface area contributed by atoms with Crippen LogP contribution in [0.5, 0.6) is 5.75 Å². The van der Waals surface area contributed by atoms with E-state index in [2.05, 4.69) is 4.90 Å². The molecule has 5 rings (SSSR count). The highest BCUT2D eigenvalue weighted by Crippen LogP contribution is 2.31. The second-order valence-corrected chi connectivity index (χ2v) is 9.86. The molecule has 6 heteroatoms. The van der Waals surface area contributed by atoms with E-state index in [9.17, 15) is 14.7 Å².